The first-order valence-corrected chi connectivity index (χ1v) is 4.17. The quantitative estimate of drug-likeness (QED) is 0.606. The van der Waals surface area contributed by atoms with Gasteiger partial charge in [0.05, 0.1) is 11.5 Å². The maximum atomic E-state index is 12.1. The molecule has 0 amide bonds. The largest absolute Gasteiger partial charge is 0.378 e. The molecule has 0 aliphatic carbocycles. The molecule has 0 aliphatic rings. The number of nitro groups is 1. The van der Waals surface area contributed by atoms with Crippen LogP contribution in [0.5, 0.6) is 0 Å². The number of nitrogen functional groups attached to an aromatic ring is 1. The van der Waals surface area contributed by atoms with E-state index in [4.69, 9.17) is 5.73 Å². The van der Waals surface area contributed by atoms with E-state index in [0.29, 0.717) is 0 Å². The SMILES string of the molecule is CN(CC(F)F)c1ncnc(N)c1[N+](=O)[O-]. The third-order valence-corrected chi connectivity index (χ3v) is 1.79. The zero-order chi connectivity index (χ0) is 12.3. The molecule has 16 heavy (non-hydrogen) atoms. The predicted molar refractivity (Wildman–Crippen MR) is 52.4 cm³/mol. The van der Waals surface area contributed by atoms with E-state index in [1.807, 2.05) is 0 Å². The van der Waals surface area contributed by atoms with Crippen LogP contribution in [0.4, 0.5) is 26.1 Å². The number of halogens is 2. The summed E-state index contributed by atoms with van der Waals surface area (Å²) in [5.74, 6) is -0.575. The van der Waals surface area contributed by atoms with Crippen LogP contribution in [0.15, 0.2) is 6.33 Å². The Morgan fingerprint density at radius 3 is 2.75 bits per heavy atom. The van der Waals surface area contributed by atoms with Crippen LogP contribution in [-0.2, 0) is 0 Å². The van der Waals surface area contributed by atoms with Gasteiger partial charge in [-0.2, -0.15) is 0 Å². The Hall–Kier alpha value is -2.06. The van der Waals surface area contributed by atoms with Crippen LogP contribution < -0.4 is 10.6 Å². The number of anilines is 2. The molecule has 1 heterocycles. The van der Waals surface area contributed by atoms with Crippen LogP contribution in [0.2, 0.25) is 0 Å². The lowest BCUT2D eigenvalue weighted by Crippen LogP contribution is -2.26. The molecular weight excluding hydrogens is 224 g/mol. The van der Waals surface area contributed by atoms with Gasteiger partial charge in [-0.05, 0) is 0 Å². The first kappa shape index (κ1) is 12.0. The summed E-state index contributed by atoms with van der Waals surface area (Å²) in [6, 6.07) is 0. The lowest BCUT2D eigenvalue weighted by Gasteiger charge is -2.17. The molecule has 9 heteroatoms. The topological polar surface area (TPSA) is 98.2 Å². The van der Waals surface area contributed by atoms with Crippen LogP contribution in [-0.4, -0.2) is 34.9 Å². The Bertz CT molecular complexity index is 400. The summed E-state index contributed by atoms with van der Waals surface area (Å²) in [5.41, 5.74) is 4.72. The Morgan fingerprint density at radius 1 is 1.62 bits per heavy atom. The van der Waals surface area contributed by atoms with Crippen molar-refractivity contribution < 1.29 is 13.7 Å². The fourth-order valence-electron chi connectivity index (χ4n) is 1.13. The van der Waals surface area contributed by atoms with E-state index in [2.05, 4.69) is 9.97 Å². The molecule has 0 spiro atoms. The molecule has 1 aromatic heterocycles. The Morgan fingerprint density at radius 2 is 2.25 bits per heavy atom. The van der Waals surface area contributed by atoms with Gasteiger partial charge in [0.25, 0.3) is 6.43 Å². The van der Waals surface area contributed by atoms with Crippen molar-refractivity contribution in [1.82, 2.24) is 9.97 Å². The van der Waals surface area contributed by atoms with Crippen molar-refractivity contribution in [1.29, 1.82) is 0 Å². The molecule has 0 saturated carbocycles. The van der Waals surface area contributed by atoms with E-state index in [1.165, 1.54) is 7.05 Å². The van der Waals surface area contributed by atoms with E-state index in [1.54, 1.807) is 0 Å². The standard InChI is InChI=1S/C7H9F2N5O2/c1-13(2-4(8)9)7-5(14(15)16)6(10)11-3-12-7/h3-4H,2H2,1H3,(H2,10,11,12). The highest BCUT2D eigenvalue weighted by Gasteiger charge is 2.24. The summed E-state index contributed by atoms with van der Waals surface area (Å²) in [7, 11) is 1.26. The molecule has 0 bridgehead atoms. The summed E-state index contributed by atoms with van der Waals surface area (Å²) >= 11 is 0. The summed E-state index contributed by atoms with van der Waals surface area (Å²) in [6.07, 6.45) is -1.64. The zero-order valence-corrected chi connectivity index (χ0v) is 8.30. The minimum absolute atomic E-state index is 0.224. The molecule has 2 N–H and O–H groups in total. The number of nitrogens with two attached hydrogens (primary N) is 1. The monoisotopic (exact) mass is 233 g/mol. The second-order valence-electron chi connectivity index (χ2n) is 2.96. The lowest BCUT2D eigenvalue weighted by atomic mass is 10.4. The Balaban J connectivity index is 3.12. The number of nitrogens with zero attached hydrogens (tertiary/aromatic N) is 4. The molecule has 1 rings (SSSR count). The van der Waals surface area contributed by atoms with Crippen LogP contribution in [0.25, 0.3) is 0 Å². The van der Waals surface area contributed by atoms with E-state index >= 15 is 0 Å². The van der Waals surface area contributed by atoms with Crippen molar-refractivity contribution in [3.8, 4) is 0 Å². The van der Waals surface area contributed by atoms with Gasteiger partial charge in [0, 0.05) is 7.05 Å². The molecular formula is C7H9F2N5O2. The maximum absolute atomic E-state index is 12.1. The highest BCUT2D eigenvalue weighted by molar-refractivity contribution is 5.68. The van der Waals surface area contributed by atoms with Crippen molar-refractivity contribution in [2.24, 2.45) is 0 Å². The smallest absolute Gasteiger partial charge is 0.353 e. The third-order valence-electron chi connectivity index (χ3n) is 1.79. The Labute approximate surface area is 89.0 Å². The van der Waals surface area contributed by atoms with Crippen LogP contribution in [0.3, 0.4) is 0 Å². The van der Waals surface area contributed by atoms with Crippen LogP contribution in [0, 0.1) is 10.1 Å². The Kier molecular flexibility index (Phi) is 3.48. The molecule has 88 valence electrons. The highest BCUT2D eigenvalue weighted by Crippen LogP contribution is 2.28. The van der Waals surface area contributed by atoms with Gasteiger partial charge in [-0.15, -0.1) is 0 Å². The normalized spacial score (nSPS) is 10.5. The molecule has 0 saturated heterocycles. The van der Waals surface area contributed by atoms with Crippen molar-refractivity contribution >= 4 is 17.3 Å². The summed E-state index contributed by atoms with van der Waals surface area (Å²) in [6.45, 7) is -0.669. The second kappa shape index (κ2) is 4.64. The number of aromatic nitrogens is 2. The van der Waals surface area contributed by atoms with Crippen LogP contribution >= 0.6 is 0 Å². The first-order valence-electron chi connectivity index (χ1n) is 4.17. The molecule has 0 atom stereocenters. The molecule has 0 aliphatic heterocycles. The number of hydrogen-bond acceptors (Lipinski definition) is 6. The summed E-state index contributed by atoms with van der Waals surface area (Å²) in [4.78, 5) is 17.8. The average Bonchev–Trinajstić information content (AvgIpc) is 2.15. The summed E-state index contributed by atoms with van der Waals surface area (Å²) in [5, 5.41) is 10.7. The molecule has 0 unspecified atom stereocenters. The fourth-order valence-corrected chi connectivity index (χ4v) is 1.13. The molecule has 7 nitrogen and oxygen atoms in total. The lowest BCUT2D eigenvalue weighted by molar-refractivity contribution is -0.383. The predicted octanol–water partition coefficient (Wildman–Crippen LogP) is 0.668. The van der Waals surface area contributed by atoms with Gasteiger partial charge in [-0.1, -0.05) is 0 Å². The van der Waals surface area contributed by atoms with Gasteiger partial charge in [-0.25, -0.2) is 18.7 Å². The number of alkyl halides is 2. The van der Waals surface area contributed by atoms with Gasteiger partial charge in [0.2, 0.25) is 11.6 Å². The van der Waals surface area contributed by atoms with Crippen molar-refractivity contribution in [2.45, 2.75) is 6.43 Å². The first-order chi connectivity index (χ1) is 7.43. The molecule has 0 fully saturated rings. The van der Waals surface area contributed by atoms with Gasteiger partial charge < -0.3 is 10.6 Å². The van der Waals surface area contributed by atoms with Crippen molar-refractivity contribution in [3.63, 3.8) is 0 Å². The van der Waals surface area contributed by atoms with E-state index in [0.717, 1.165) is 11.2 Å². The summed E-state index contributed by atoms with van der Waals surface area (Å²) < 4.78 is 24.2. The fraction of sp³-hybridized carbons (Fsp3) is 0.429. The van der Waals surface area contributed by atoms with E-state index in [9.17, 15) is 18.9 Å². The maximum Gasteiger partial charge on any atom is 0.353 e. The minimum Gasteiger partial charge on any atom is -0.378 e. The van der Waals surface area contributed by atoms with Crippen LogP contribution in [0.1, 0.15) is 0 Å². The average molecular weight is 233 g/mol. The number of rotatable bonds is 4. The van der Waals surface area contributed by atoms with Gasteiger partial charge in [-0.3, -0.25) is 10.1 Å². The minimum atomic E-state index is -2.62. The van der Waals surface area contributed by atoms with E-state index < -0.39 is 23.6 Å². The van der Waals surface area contributed by atoms with E-state index in [-0.39, 0.29) is 11.6 Å². The second-order valence-corrected chi connectivity index (χ2v) is 2.96. The third kappa shape index (κ3) is 2.49. The zero-order valence-electron chi connectivity index (χ0n) is 8.30. The number of hydrogen-bond donors (Lipinski definition) is 1. The van der Waals surface area contributed by atoms with Crippen molar-refractivity contribution in [3.05, 3.63) is 16.4 Å². The molecule has 0 aromatic carbocycles. The van der Waals surface area contributed by atoms with Gasteiger partial charge >= 0.3 is 5.69 Å². The molecule has 0 radical (unpaired) electrons. The van der Waals surface area contributed by atoms with Gasteiger partial charge in [0.15, 0.2) is 0 Å². The van der Waals surface area contributed by atoms with Crippen molar-refractivity contribution in [2.75, 3.05) is 24.2 Å². The highest BCUT2D eigenvalue weighted by atomic mass is 19.3. The molecule has 1 aromatic rings. The van der Waals surface area contributed by atoms with Gasteiger partial charge in [0.1, 0.15) is 6.33 Å².